The Morgan fingerprint density at radius 2 is 1.90 bits per heavy atom. The lowest BCUT2D eigenvalue weighted by Gasteiger charge is -2.19. The SMILES string of the molecule is C=CCn1c(SCc2ccc(C(C)(C)C)cc2)nnc(Nc2cccc(OC)c2)c1=O. The molecule has 162 valence electrons. The second-order valence-corrected chi connectivity index (χ2v) is 9.07. The van der Waals surface area contributed by atoms with Gasteiger partial charge in [-0.3, -0.25) is 9.36 Å². The van der Waals surface area contributed by atoms with E-state index in [1.54, 1.807) is 23.8 Å². The molecule has 0 fully saturated rings. The van der Waals surface area contributed by atoms with E-state index in [1.165, 1.54) is 17.3 Å². The van der Waals surface area contributed by atoms with Gasteiger partial charge in [-0.25, -0.2) is 0 Å². The molecule has 3 aromatic rings. The molecule has 0 radical (unpaired) electrons. The summed E-state index contributed by atoms with van der Waals surface area (Å²) in [6, 6.07) is 15.9. The van der Waals surface area contributed by atoms with Gasteiger partial charge in [0, 0.05) is 24.1 Å². The number of rotatable bonds is 8. The lowest BCUT2D eigenvalue weighted by atomic mass is 9.87. The molecule has 0 bridgehead atoms. The summed E-state index contributed by atoms with van der Waals surface area (Å²) in [4.78, 5) is 13.0. The van der Waals surface area contributed by atoms with Crippen LogP contribution in [0.5, 0.6) is 5.75 Å². The molecule has 1 aromatic heterocycles. The zero-order chi connectivity index (χ0) is 22.4. The van der Waals surface area contributed by atoms with E-state index in [9.17, 15) is 4.79 Å². The number of ether oxygens (including phenoxy) is 1. The molecule has 0 atom stereocenters. The van der Waals surface area contributed by atoms with E-state index in [2.05, 4.69) is 67.1 Å². The summed E-state index contributed by atoms with van der Waals surface area (Å²) in [5, 5.41) is 12.0. The van der Waals surface area contributed by atoms with Gasteiger partial charge in [-0.15, -0.1) is 16.8 Å². The van der Waals surface area contributed by atoms with Gasteiger partial charge in [0.25, 0.3) is 5.56 Å². The van der Waals surface area contributed by atoms with E-state index >= 15 is 0 Å². The maximum atomic E-state index is 13.0. The fourth-order valence-corrected chi connectivity index (χ4v) is 3.87. The van der Waals surface area contributed by atoms with Crippen LogP contribution in [0, 0.1) is 0 Å². The summed E-state index contributed by atoms with van der Waals surface area (Å²) < 4.78 is 6.81. The van der Waals surface area contributed by atoms with Crippen LogP contribution < -0.4 is 15.6 Å². The first-order chi connectivity index (χ1) is 14.8. The molecule has 0 saturated heterocycles. The molecule has 0 unspecified atom stereocenters. The van der Waals surface area contributed by atoms with Crippen molar-refractivity contribution in [2.75, 3.05) is 12.4 Å². The minimum atomic E-state index is -0.247. The molecular weight excluding hydrogens is 408 g/mol. The Morgan fingerprint density at radius 3 is 2.55 bits per heavy atom. The van der Waals surface area contributed by atoms with Gasteiger partial charge in [-0.2, -0.15) is 0 Å². The van der Waals surface area contributed by atoms with E-state index in [-0.39, 0.29) is 16.8 Å². The summed E-state index contributed by atoms with van der Waals surface area (Å²) in [6.45, 7) is 10.7. The third-order valence-electron chi connectivity index (χ3n) is 4.75. The van der Waals surface area contributed by atoms with Crippen LogP contribution >= 0.6 is 11.8 Å². The fourth-order valence-electron chi connectivity index (χ4n) is 2.97. The standard InChI is InChI=1S/C24H28N4O2S/c1-6-14-28-22(29)21(25-19-8-7-9-20(15-19)30-5)26-27-23(28)31-16-17-10-12-18(13-11-17)24(2,3)4/h6-13,15H,1,14,16H2,2-5H3,(H,25,26). The van der Waals surface area contributed by atoms with Crippen LogP contribution in [0.1, 0.15) is 31.9 Å². The second kappa shape index (κ2) is 9.83. The monoisotopic (exact) mass is 436 g/mol. The average molecular weight is 437 g/mol. The zero-order valence-corrected chi connectivity index (χ0v) is 19.2. The van der Waals surface area contributed by atoms with Crippen molar-refractivity contribution in [3.05, 3.63) is 82.7 Å². The number of hydrogen-bond donors (Lipinski definition) is 1. The Labute approximate surface area is 187 Å². The molecule has 0 spiro atoms. The van der Waals surface area contributed by atoms with Gasteiger partial charge in [-0.05, 0) is 28.7 Å². The number of anilines is 2. The molecule has 2 aromatic carbocycles. The predicted molar refractivity (Wildman–Crippen MR) is 127 cm³/mol. The van der Waals surface area contributed by atoms with Crippen LogP contribution in [0.25, 0.3) is 0 Å². The van der Waals surface area contributed by atoms with Crippen molar-refractivity contribution in [3.63, 3.8) is 0 Å². The van der Waals surface area contributed by atoms with Gasteiger partial charge in [0.05, 0.1) is 7.11 Å². The summed E-state index contributed by atoms with van der Waals surface area (Å²) in [7, 11) is 1.60. The van der Waals surface area contributed by atoms with Crippen LogP contribution in [0.2, 0.25) is 0 Å². The lowest BCUT2D eigenvalue weighted by Crippen LogP contribution is -2.26. The molecule has 1 heterocycles. The number of allylic oxidation sites excluding steroid dienone is 1. The van der Waals surface area contributed by atoms with Crippen LogP contribution in [0.15, 0.2) is 71.1 Å². The Balaban J connectivity index is 1.80. The largest absolute Gasteiger partial charge is 0.497 e. The van der Waals surface area contributed by atoms with Crippen molar-refractivity contribution < 1.29 is 4.74 Å². The Kier molecular flexibility index (Phi) is 7.17. The van der Waals surface area contributed by atoms with Crippen LogP contribution in [0.4, 0.5) is 11.5 Å². The van der Waals surface area contributed by atoms with Crippen LogP contribution in [0.3, 0.4) is 0 Å². The molecule has 0 saturated carbocycles. The first-order valence-corrected chi connectivity index (χ1v) is 11.0. The van der Waals surface area contributed by atoms with Gasteiger partial charge < -0.3 is 10.1 Å². The zero-order valence-electron chi connectivity index (χ0n) is 18.4. The highest BCUT2D eigenvalue weighted by Crippen LogP contribution is 2.25. The normalized spacial score (nSPS) is 11.2. The van der Waals surface area contributed by atoms with Crippen molar-refractivity contribution in [3.8, 4) is 5.75 Å². The summed E-state index contributed by atoms with van der Waals surface area (Å²) in [5.41, 5.74) is 3.03. The molecule has 0 aliphatic rings. The minimum Gasteiger partial charge on any atom is -0.497 e. The Morgan fingerprint density at radius 1 is 1.16 bits per heavy atom. The second-order valence-electron chi connectivity index (χ2n) is 8.13. The van der Waals surface area contributed by atoms with Gasteiger partial charge in [0.15, 0.2) is 5.16 Å². The first-order valence-electron chi connectivity index (χ1n) is 10.0. The number of thioether (sulfide) groups is 1. The van der Waals surface area contributed by atoms with Crippen molar-refractivity contribution in [2.24, 2.45) is 0 Å². The molecule has 0 aliphatic carbocycles. The third-order valence-corrected chi connectivity index (χ3v) is 5.78. The molecule has 0 amide bonds. The lowest BCUT2D eigenvalue weighted by molar-refractivity contribution is 0.415. The van der Waals surface area contributed by atoms with Crippen LogP contribution in [-0.4, -0.2) is 21.9 Å². The topological polar surface area (TPSA) is 69.0 Å². The van der Waals surface area contributed by atoms with E-state index in [0.717, 1.165) is 5.56 Å². The number of nitrogens with zero attached hydrogens (tertiary/aromatic N) is 3. The minimum absolute atomic E-state index is 0.118. The van der Waals surface area contributed by atoms with Crippen molar-refractivity contribution >= 4 is 23.3 Å². The maximum Gasteiger partial charge on any atom is 0.297 e. The molecule has 0 aliphatic heterocycles. The molecule has 31 heavy (non-hydrogen) atoms. The molecule has 1 N–H and O–H groups in total. The first kappa shape index (κ1) is 22.6. The van der Waals surface area contributed by atoms with Gasteiger partial charge >= 0.3 is 0 Å². The summed E-state index contributed by atoms with van der Waals surface area (Å²) >= 11 is 1.48. The number of aromatic nitrogens is 3. The maximum absolute atomic E-state index is 13.0. The van der Waals surface area contributed by atoms with E-state index in [1.807, 2.05) is 18.2 Å². The predicted octanol–water partition coefficient (Wildman–Crippen LogP) is 5.17. The van der Waals surface area contributed by atoms with Crippen LogP contribution in [-0.2, 0) is 17.7 Å². The number of nitrogens with one attached hydrogen (secondary N) is 1. The molecular formula is C24H28N4O2S. The number of methoxy groups -OCH3 is 1. The van der Waals surface area contributed by atoms with E-state index in [4.69, 9.17) is 4.74 Å². The number of benzene rings is 2. The molecule has 7 heteroatoms. The fraction of sp³-hybridized carbons (Fsp3) is 0.292. The van der Waals surface area contributed by atoms with Crippen molar-refractivity contribution in [1.29, 1.82) is 0 Å². The van der Waals surface area contributed by atoms with Crippen molar-refractivity contribution in [2.45, 2.75) is 43.6 Å². The van der Waals surface area contributed by atoms with Crippen molar-refractivity contribution in [1.82, 2.24) is 14.8 Å². The smallest absolute Gasteiger partial charge is 0.297 e. The highest BCUT2D eigenvalue weighted by atomic mass is 32.2. The van der Waals surface area contributed by atoms with E-state index < -0.39 is 0 Å². The van der Waals surface area contributed by atoms with Gasteiger partial charge in [0.2, 0.25) is 5.82 Å². The highest BCUT2D eigenvalue weighted by molar-refractivity contribution is 7.98. The average Bonchev–Trinajstić information content (AvgIpc) is 2.76. The van der Waals surface area contributed by atoms with Gasteiger partial charge in [0.1, 0.15) is 5.75 Å². The summed E-state index contributed by atoms with van der Waals surface area (Å²) in [6.07, 6.45) is 1.68. The Bertz CT molecular complexity index is 1100. The molecule has 3 rings (SSSR count). The quantitative estimate of drug-likeness (QED) is 0.388. The molecule has 6 nitrogen and oxygen atoms in total. The number of hydrogen-bond acceptors (Lipinski definition) is 6. The summed E-state index contributed by atoms with van der Waals surface area (Å²) in [5.74, 6) is 1.54. The van der Waals surface area contributed by atoms with E-state index in [0.29, 0.717) is 28.9 Å². The Hall–Kier alpha value is -3.06. The third kappa shape index (κ3) is 5.76. The van der Waals surface area contributed by atoms with Gasteiger partial charge in [-0.1, -0.05) is 68.9 Å². The highest BCUT2D eigenvalue weighted by Gasteiger charge is 2.15.